The topological polar surface area (TPSA) is 75.7 Å². The van der Waals surface area contributed by atoms with Crippen LogP contribution in [-0.2, 0) is 21.2 Å². The molecule has 29 heavy (non-hydrogen) atoms. The second-order valence-electron chi connectivity index (χ2n) is 7.37. The molecule has 0 aromatic heterocycles. The molecule has 1 saturated heterocycles. The zero-order valence-corrected chi connectivity index (χ0v) is 18.0. The molecule has 0 spiro atoms. The third kappa shape index (κ3) is 4.79. The van der Waals surface area contributed by atoms with E-state index in [2.05, 4.69) is 12.2 Å². The van der Waals surface area contributed by atoms with E-state index in [9.17, 15) is 13.2 Å². The Balaban J connectivity index is 1.65. The van der Waals surface area contributed by atoms with Crippen molar-refractivity contribution in [2.45, 2.75) is 38.0 Å². The van der Waals surface area contributed by atoms with Crippen LogP contribution >= 0.6 is 0 Å². The van der Waals surface area contributed by atoms with Crippen molar-refractivity contribution in [2.75, 3.05) is 25.5 Å². The number of hydrogen-bond acceptors (Lipinski definition) is 4. The smallest absolute Gasteiger partial charge is 0.246 e. The van der Waals surface area contributed by atoms with Crippen LogP contribution in [0.1, 0.15) is 30.9 Å². The maximum absolute atomic E-state index is 13.1. The number of nitrogens with one attached hydrogen (secondary N) is 1. The van der Waals surface area contributed by atoms with Crippen LogP contribution in [0.25, 0.3) is 0 Å². The van der Waals surface area contributed by atoms with Crippen LogP contribution < -0.4 is 10.1 Å². The van der Waals surface area contributed by atoms with Gasteiger partial charge in [0.15, 0.2) is 0 Å². The van der Waals surface area contributed by atoms with Gasteiger partial charge in [0, 0.05) is 24.7 Å². The number of aryl methyl sites for hydroxylation is 2. The van der Waals surface area contributed by atoms with Gasteiger partial charge in [0.1, 0.15) is 10.6 Å². The van der Waals surface area contributed by atoms with Crippen LogP contribution in [0.15, 0.2) is 47.4 Å². The van der Waals surface area contributed by atoms with Crippen LogP contribution in [0.2, 0.25) is 0 Å². The molecular weight excluding hydrogens is 388 g/mol. The Morgan fingerprint density at radius 3 is 2.38 bits per heavy atom. The zero-order valence-electron chi connectivity index (χ0n) is 17.1. The van der Waals surface area contributed by atoms with E-state index in [1.54, 1.807) is 12.1 Å². The quantitative estimate of drug-likeness (QED) is 0.781. The van der Waals surface area contributed by atoms with Crippen molar-refractivity contribution >= 4 is 21.6 Å². The van der Waals surface area contributed by atoms with Crippen LogP contribution in [0.3, 0.4) is 0 Å². The average Bonchev–Trinajstić information content (AvgIpc) is 2.74. The lowest BCUT2D eigenvalue weighted by molar-refractivity contribution is -0.120. The van der Waals surface area contributed by atoms with Crippen molar-refractivity contribution in [1.82, 2.24) is 4.31 Å². The fraction of sp³-hybridized carbons (Fsp3) is 0.409. The largest absolute Gasteiger partial charge is 0.495 e. The van der Waals surface area contributed by atoms with Crippen molar-refractivity contribution in [3.8, 4) is 5.75 Å². The van der Waals surface area contributed by atoms with Crippen LogP contribution in [0.4, 0.5) is 5.69 Å². The molecule has 1 heterocycles. The average molecular weight is 417 g/mol. The Hall–Kier alpha value is -2.38. The predicted molar refractivity (Wildman–Crippen MR) is 114 cm³/mol. The normalized spacial score (nSPS) is 15.8. The summed E-state index contributed by atoms with van der Waals surface area (Å²) in [5, 5.41) is 2.95. The highest BCUT2D eigenvalue weighted by atomic mass is 32.2. The van der Waals surface area contributed by atoms with Gasteiger partial charge in [-0.2, -0.15) is 4.31 Å². The number of carbonyl (C=O) groups excluding carboxylic acids is 1. The second kappa shape index (κ2) is 8.97. The summed E-state index contributed by atoms with van der Waals surface area (Å²) in [4.78, 5) is 12.8. The lowest BCUT2D eigenvalue weighted by Crippen LogP contribution is -2.41. The van der Waals surface area contributed by atoms with Crippen molar-refractivity contribution in [3.05, 3.63) is 53.6 Å². The number of benzene rings is 2. The minimum absolute atomic E-state index is 0.0561. The molecule has 2 aromatic carbocycles. The molecule has 0 saturated carbocycles. The van der Waals surface area contributed by atoms with Gasteiger partial charge in [0.25, 0.3) is 0 Å². The molecule has 0 unspecified atom stereocenters. The molecule has 0 aliphatic carbocycles. The van der Waals surface area contributed by atoms with Gasteiger partial charge in [-0.05, 0) is 61.6 Å². The van der Waals surface area contributed by atoms with Crippen molar-refractivity contribution in [3.63, 3.8) is 0 Å². The van der Waals surface area contributed by atoms with E-state index in [0.29, 0.717) is 31.7 Å². The molecule has 2 aromatic rings. The maximum atomic E-state index is 13.1. The summed E-state index contributed by atoms with van der Waals surface area (Å²) >= 11 is 0. The molecule has 156 valence electrons. The van der Waals surface area contributed by atoms with Gasteiger partial charge in [0.05, 0.1) is 7.11 Å². The summed E-state index contributed by atoms with van der Waals surface area (Å²) in [6.45, 7) is 4.56. The van der Waals surface area contributed by atoms with Gasteiger partial charge in [-0.15, -0.1) is 0 Å². The number of hydrogen-bond donors (Lipinski definition) is 1. The Morgan fingerprint density at radius 1 is 1.14 bits per heavy atom. The monoisotopic (exact) mass is 416 g/mol. The number of methoxy groups -OCH3 is 1. The van der Waals surface area contributed by atoms with Gasteiger partial charge in [-0.25, -0.2) is 8.42 Å². The summed E-state index contributed by atoms with van der Waals surface area (Å²) in [6, 6.07) is 12.9. The van der Waals surface area contributed by atoms with Crippen LogP contribution in [0.5, 0.6) is 5.75 Å². The van der Waals surface area contributed by atoms with Crippen LogP contribution in [0, 0.1) is 12.8 Å². The van der Waals surface area contributed by atoms with Crippen molar-refractivity contribution in [2.24, 2.45) is 5.92 Å². The Morgan fingerprint density at radius 2 is 1.79 bits per heavy atom. The van der Waals surface area contributed by atoms with Gasteiger partial charge in [-0.3, -0.25) is 4.79 Å². The number of nitrogens with zero attached hydrogens (tertiary/aromatic N) is 1. The molecule has 0 atom stereocenters. The molecule has 1 aliphatic heterocycles. The number of amides is 1. The van der Waals surface area contributed by atoms with Gasteiger partial charge < -0.3 is 10.1 Å². The number of rotatable bonds is 6. The van der Waals surface area contributed by atoms with E-state index in [-0.39, 0.29) is 16.7 Å². The molecule has 3 rings (SSSR count). The first-order valence-corrected chi connectivity index (χ1v) is 11.3. The molecule has 1 fully saturated rings. The summed E-state index contributed by atoms with van der Waals surface area (Å²) in [5.74, 6) is 0.0807. The molecule has 0 bridgehead atoms. The minimum atomic E-state index is -3.67. The summed E-state index contributed by atoms with van der Waals surface area (Å²) in [6.07, 6.45) is 1.94. The highest BCUT2D eigenvalue weighted by Crippen LogP contribution is 2.30. The molecule has 0 radical (unpaired) electrons. The molecular formula is C22H28N2O4S. The highest BCUT2D eigenvalue weighted by molar-refractivity contribution is 7.89. The van der Waals surface area contributed by atoms with E-state index < -0.39 is 10.0 Å². The standard InChI is InChI=1S/C22H28N2O4S/c1-4-17-6-8-19(9-7-17)23-22(25)18-11-13-24(14-12-18)29(26,27)21-15-16(2)5-10-20(21)28-3/h5-10,15,18H,4,11-14H2,1-3H3,(H,23,25). The van der Waals surface area contributed by atoms with Crippen molar-refractivity contribution in [1.29, 1.82) is 0 Å². The second-order valence-corrected chi connectivity index (χ2v) is 9.28. The Kier molecular flexibility index (Phi) is 6.59. The molecule has 1 amide bonds. The third-order valence-corrected chi connectivity index (χ3v) is 7.31. The summed E-state index contributed by atoms with van der Waals surface area (Å²) in [5.41, 5.74) is 2.84. The van der Waals surface area contributed by atoms with Crippen molar-refractivity contribution < 1.29 is 17.9 Å². The lowest BCUT2D eigenvalue weighted by Gasteiger charge is -2.31. The fourth-order valence-electron chi connectivity index (χ4n) is 3.55. The Labute approximate surface area is 172 Å². The van der Waals surface area contributed by atoms with E-state index in [4.69, 9.17) is 4.74 Å². The van der Waals surface area contributed by atoms with Gasteiger partial charge in [0.2, 0.25) is 15.9 Å². The van der Waals surface area contributed by atoms with Gasteiger partial charge in [-0.1, -0.05) is 25.1 Å². The number of piperidine rings is 1. The fourth-order valence-corrected chi connectivity index (χ4v) is 5.26. The predicted octanol–water partition coefficient (Wildman–Crippen LogP) is 3.61. The van der Waals surface area contributed by atoms with E-state index in [1.165, 1.54) is 17.0 Å². The maximum Gasteiger partial charge on any atom is 0.246 e. The number of sulfonamides is 1. The first kappa shape index (κ1) is 21.3. The molecule has 7 heteroatoms. The highest BCUT2D eigenvalue weighted by Gasteiger charge is 2.33. The first-order valence-electron chi connectivity index (χ1n) is 9.89. The molecule has 1 aliphatic rings. The number of carbonyl (C=O) groups is 1. The first-order chi connectivity index (χ1) is 13.8. The van der Waals surface area contributed by atoms with Gasteiger partial charge >= 0.3 is 0 Å². The molecule has 1 N–H and O–H groups in total. The number of ether oxygens (including phenoxy) is 1. The van der Waals surface area contributed by atoms with E-state index in [1.807, 2.05) is 37.3 Å². The third-order valence-electron chi connectivity index (χ3n) is 5.39. The lowest BCUT2D eigenvalue weighted by atomic mass is 9.97. The van der Waals surface area contributed by atoms with E-state index in [0.717, 1.165) is 17.7 Å². The summed E-state index contributed by atoms with van der Waals surface area (Å²) < 4.78 is 32.9. The van der Waals surface area contributed by atoms with E-state index >= 15 is 0 Å². The molecule has 6 nitrogen and oxygen atoms in total. The SMILES string of the molecule is CCc1ccc(NC(=O)C2CCN(S(=O)(=O)c3cc(C)ccc3OC)CC2)cc1. The minimum Gasteiger partial charge on any atom is -0.495 e. The Bertz CT molecular complexity index is 963. The zero-order chi connectivity index (χ0) is 21.0. The summed E-state index contributed by atoms with van der Waals surface area (Å²) in [7, 11) is -2.20. The van der Waals surface area contributed by atoms with Crippen LogP contribution in [-0.4, -0.2) is 38.8 Å². The number of anilines is 1.